The molecule has 3 heterocycles. The average Bonchev–Trinajstić information content (AvgIpc) is 2.93. The Morgan fingerprint density at radius 3 is 2.36 bits per heavy atom. The van der Waals surface area contributed by atoms with E-state index in [1.54, 1.807) is 12.1 Å². The van der Waals surface area contributed by atoms with E-state index >= 15 is 0 Å². The Morgan fingerprint density at radius 1 is 1.11 bits per heavy atom. The van der Waals surface area contributed by atoms with Crippen LogP contribution in [0.25, 0.3) is 0 Å². The Morgan fingerprint density at radius 2 is 1.75 bits per heavy atom. The van der Waals surface area contributed by atoms with Crippen LogP contribution >= 0.6 is 0 Å². The number of fused-ring (bicyclic) bond motifs is 2. The van der Waals surface area contributed by atoms with Crippen molar-refractivity contribution in [2.75, 3.05) is 45.5 Å². The summed E-state index contributed by atoms with van der Waals surface area (Å²) >= 11 is 0. The lowest BCUT2D eigenvalue weighted by molar-refractivity contribution is -0.117. The first-order chi connectivity index (χ1) is 13.1. The maximum Gasteiger partial charge on any atom is 0.175 e. The van der Waals surface area contributed by atoms with Gasteiger partial charge in [0, 0.05) is 58.1 Å². The van der Waals surface area contributed by atoms with Crippen molar-refractivity contribution in [3.8, 4) is 0 Å². The van der Waals surface area contributed by atoms with Crippen molar-refractivity contribution < 1.29 is 13.5 Å². The highest BCUT2D eigenvalue weighted by molar-refractivity contribution is 7.90. The zero-order valence-corrected chi connectivity index (χ0v) is 18.0. The van der Waals surface area contributed by atoms with Crippen molar-refractivity contribution in [2.45, 2.75) is 49.4 Å². The minimum absolute atomic E-state index is 0.155. The lowest BCUT2D eigenvalue weighted by Crippen LogP contribution is -2.77. The molecule has 3 saturated heterocycles. The highest BCUT2D eigenvalue weighted by Crippen LogP contribution is 2.39. The van der Waals surface area contributed by atoms with Gasteiger partial charge in [0.05, 0.1) is 16.5 Å². The average molecular weight is 408 g/mol. The van der Waals surface area contributed by atoms with Crippen LogP contribution in [0.3, 0.4) is 0 Å². The van der Waals surface area contributed by atoms with Crippen molar-refractivity contribution in [2.24, 2.45) is 5.92 Å². The third kappa shape index (κ3) is 4.00. The van der Waals surface area contributed by atoms with Crippen LogP contribution in [0.1, 0.15) is 25.8 Å². The molecule has 1 N–H and O–H groups in total. The summed E-state index contributed by atoms with van der Waals surface area (Å²) in [5.41, 5.74) is 1.30. The number of sulfone groups is 1. The van der Waals surface area contributed by atoms with E-state index < -0.39 is 9.84 Å². The second kappa shape index (κ2) is 7.36. The molecule has 156 valence electrons. The van der Waals surface area contributed by atoms with Crippen LogP contribution in [-0.4, -0.2) is 91.4 Å². The number of likely N-dealkylation sites (tertiary alicyclic amines) is 1. The van der Waals surface area contributed by atoms with E-state index in [0.717, 1.165) is 57.8 Å². The van der Waals surface area contributed by atoms with Crippen molar-refractivity contribution in [1.29, 1.82) is 0 Å². The van der Waals surface area contributed by atoms with E-state index in [2.05, 4.69) is 28.5 Å². The van der Waals surface area contributed by atoms with Crippen molar-refractivity contribution >= 4 is 9.84 Å². The molecule has 1 spiro atoms. The zero-order chi connectivity index (χ0) is 20.1. The summed E-state index contributed by atoms with van der Waals surface area (Å²) < 4.78 is 23.3. The Hall–Kier alpha value is -0.990. The van der Waals surface area contributed by atoms with Gasteiger partial charge in [-0.1, -0.05) is 26.0 Å². The first kappa shape index (κ1) is 20.3. The highest BCUT2D eigenvalue weighted by Gasteiger charge is 2.55. The smallest absolute Gasteiger partial charge is 0.175 e. The summed E-state index contributed by atoms with van der Waals surface area (Å²) in [6.07, 6.45) is 1.94. The molecule has 0 aromatic heterocycles. The van der Waals surface area contributed by atoms with E-state index in [9.17, 15) is 13.5 Å². The molecular formula is C21H33N3O3S. The molecule has 0 unspecified atom stereocenters. The van der Waals surface area contributed by atoms with Gasteiger partial charge in [0.1, 0.15) is 0 Å². The van der Waals surface area contributed by atoms with Gasteiger partial charge in [-0.25, -0.2) is 8.42 Å². The highest BCUT2D eigenvalue weighted by atomic mass is 32.2. The standard InChI is InChI=1S/C21H33N3O3S/c1-16(2)9-22-11-18-8-19(25)12-24(18)21(13-22)14-23(15-21)10-17-4-6-20(7-5-17)28(3,26)27/h4-7,16,18-19,25H,8-15H2,1-3H3/t18-,19+/m0/s1. The summed E-state index contributed by atoms with van der Waals surface area (Å²) in [6.45, 7) is 11.5. The zero-order valence-electron chi connectivity index (χ0n) is 17.2. The van der Waals surface area contributed by atoms with Crippen molar-refractivity contribution in [3.05, 3.63) is 29.8 Å². The molecule has 0 bridgehead atoms. The number of rotatable bonds is 5. The van der Waals surface area contributed by atoms with Gasteiger partial charge in [0.15, 0.2) is 9.84 Å². The molecule has 1 aromatic rings. The van der Waals surface area contributed by atoms with Gasteiger partial charge in [-0.05, 0) is 30.0 Å². The number of hydrogen-bond donors (Lipinski definition) is 1. The van der Waals surface area contributed by atoms with Crippen LogP contribution in [0.2, 0.25) is 0 Å². The van der Waals surface area contributed by atoms with Gasteiger partial charge in [0.25, 0.3) is 0 Å². The van der Waals surface area contributed by atoms with Crippen molar-refractivity contribution in [1.82, 2.24) is 14.7 Å². The monoisotopic (exact) mass is 407 g/mol. The minimum atomic E-state index is -3.14. The van der Waals surface area contributed by atoms with Crippen LogP contribution in [0.4, 0.5) is 0 Å². The number of benzene rings is 1. The third-order valence-electron chi connectivity index (χ3n) is 6.41. The molecule has 4 rings (SSSR count). The fourth-order valence-corrected chi connectivity index (χ4v) is 6.08. The Kier molecular flexibility index (Phi) is 5.33. The first-order valence-corrected chi connectivity index (χ1v) is 12.2. The number of aliphatic hydroxyl groups excluding tert-OH is 1. The topological polar surface area (TPSA) is 64.1 Å². The molecular weight excluding hydrogens is 374 g/mol. The van der Waals surface area contributed by atoms with E-state index in [-0.39, 0.29) is 11.6 Å². The molecule has 0 radical (unpaired) electrons. The summed E-state index contributed by atoms with van der Waals surface area (Å²) in [6, 6.07) is 7.74. The summed E-state index contributed by atoms with van der Waals surface area (Å²) in [5.74, 6) is 0.652. The lowest BCUT2D eigenvalue weighted by atomic mass is 9.83. The largest absolute Gasteiger partial charge is 0.392 e. The van der Waals surface area contributed by atoms with E-state index in [4.69, 9.17) is 0 Å². The molecule has 3 aliphatic heterocycles. The summed E-state index contributed by atoms with van der Waals surface area (Å²) in [7, 11) is -3.14. The molecule has 0 aliphatic carbocycles. The molecule has 3 fully saturated rings. The first-order valence-electron chi connectivity index (χ1n) is 10.3. The predicted molar refractivity (Wildman–Crippen MR) is 110 cm³/mol. The SMILES string of the molecule is CC(C)CN1C[C@@H]2C[C@@H](O)CN2C2(C1)CN(Cc1ccc(S(C)(=O)=O)cc1)C2. The van der Waals surface area contributed by atoms with E-state index in [0.29, 0.717) is 16.9 Å². The minimum Gasteiger partial charge on any atom is -0.392 e. The fraction of sp³-hybridized carbons (Fsp3) is 0.714. The molecule has 0 saturated carbocycles. The Balaban J connectivity index is 1.42. The van der Waals surface area contributed by atoms with Gasteiger partial charge < -0.3 is 5.11 Å². The number of nitrogens with zero attached hydrogens (tertiary/aromatic N) is 3. The van der Waals surface area contributed by atoms with Gasteiger partial charge in [-0.2, -0.15) is 0 Å². The van der Waals surface area contributed by atoms with E-state index in [1.807, 2.05) is 12.1 Å². The van der Waals surface area contributed by atoms with Crippen LogP contribution in [0.15, 0.2) is 29.2 Å². The molecule has 3 aliphatic rings. The van der Waals surface area contributed by atoms with Crippen LogP contribution < -0.4 is 0 Å². The second-order valence-electron chi connectivity index (χ2n) is 9.57. The van der Waals surface area contributed by atoms with Crippen LogP contribution in [0.5, 0.6) is 0 Å². The van der Waals surface area contributed by atoms with E-state index in [1.165, 1.54) is 6.26 Å². The van der Waals surface area contributed by atoms with Gasteiger partial charge in [-0.3, -0.25) is 14.7 Å². The number of piperazine rings is 1. The van der Waals surface area contributed by atoms with Crippen LogP contribution in [0, 0.1) is 5.92 Å². The number of β-amino-alcohol motifs (C(OH)–C–C–N with tert-alkyl or cyclic N) is 1. The van der Waals surface area contributed by atoms with Crippen molar-refractivity contribution in [3.63, 3.8) is 0 Å². The second-order valence-corrected chi connectivity index (χ2v) is 11.6. The summed E-state index contributed by atoms with van der Waals surface area (Å²) in [4.78, 5) is 8.00. The molecule has 1 aromatic carbocycles. The molecule has 6 nitrogen and oxygen atoms in total. The maximum atomic E-state index is 11.6. The number of aliphatic hydroxyl groups is 1. The molecule has 28 heavy (non-hydrogen) atoms. The van der Waals surface area contributed by atoms with Gasteiger partial charge in [-0.15, -0.1) is 0 Å². The normalized spacial score (nSPS) is 28.6. The fourth-order valence-electron chi connectivity index (χ4n) is 5.45. The lowest BCUT2D eigenvalue weighted by Gasteiger charge is -2.61. The molecule has 0 amide bonds. The van der Waals surface area contributed by atoms with Gasteiger partial charge >= 0.3 is 0 Å². The Labute approximate surface area is 169 Å². The quantitative estimate of drug-likeness (QED) is 0.787. The summed E-state index contributed by atoms with van der Waals surface area (Å²) in [5, 5.41) is 10.2. The number of hydrogen-bond acceptors (Lipinski definition) is 6. The Bertz CT molecular complexity index is 803. The molecule has 2 atom stereocenters. The third-order valence-corrected chi connectivity index (χ3v) is 7.53. The van der Waals surface area contributed by atoms with Crippen LogP contribution in [-0.2, 0) is 16.4 Å². The molecule has 7 heteroatoms. The predicted octanol–water partition coefficient (Wildman–Crippen LogP) is 1.05. The van der Waals surface area contributed by atoms with Gasteiger partial charge in [0.2, 0.25) is 0 Å². The maximum absolute atomic E-state index is 11.6.